The van der Waals surface area contributed by atoms with Gasteiger partial charge in [-0.05, 0) is 30.7 Å². The zero-order chi connectivity index (χ0) is 18.7. The maximum Gasteiger partial charge on any atom is 0.573 e. The average molecular weight is 381 g/mol. The minimum absolute atomic E-state index is 0.00984. The van der Waals surface area contributed by atoms with Crippen LogP contribution in [-0.2, 0) is 19.4 Å². The monoisotopic (exact) mass is 381 g/mol. The van der Waals surface area contributed by atoms with Gasteiger partial charge in [-0.3, -0.25) is 4.79 Å². The lowest BCUT2D eigenvalue weighted by molar-refractivity contribution is -0.274. The Hall–Kier alpha value is -2.30. The molecule has 11 heteroatoms. The van der Waals surface area contributed by atoms with Crippen LogP contribution in [0.1, 0.15) is 16.8 Å². The summed E-state index contributed by atoms with van der Waals surface area (Å²) in [6.45, 7) is -0.629. The van der Waals surface area contributed by atoms with Crippen molar-refractivity contribution in [2.45, 2.75) is 18.8 Å². The van der Waals surface area contributed by atoms with Crippen molar-refractivity contribution in [3.05, 3.63) is 29.8 Å². The van der Waals surface area contributed by atoms with Gasteiger partial charge in [0.15, 0.2) is 16.4 Å². The van der Waals surface area contributed by atoms with Crippen molar-refractivity contribution in [2.75, 3.05) is 18.1 Å². The lowest BCUT2D eigenvalue weighted by Crippen LogP contribution is -2.38. The Morgan fingerprint density at radius 3 is 2.36 bits per heavy atom. The molecule has 1 saturated heterocycles. The summed E-state index contributed by atoms with van der Waals surface area (Å²) < 4.78 is 67.0. The van der Waals surface area contributed by atoms with Crippen LogP contribution in [0.3, 0.4) is 0 Å². The van der Waals surface area contributed by atoms with Crippen molar-refractivity contribution < 1.29 is 40.7 Å². The summed E-state index contributed by atoms with van der Waals surface area (Å²) in [5.74, 6) is -2.23. The largest absolute Gasteiger partial charge is 0.573 e. The third-order valence-corrected chi connectivity index (χ3v) is 5.02. The number of ether oxygens (including phenoxy) is 2. The molecule has 0 bridgehead atoms. The van der Waals surface area contributed by atoms with Crippen LogP contribution in [0, 0.1) is 0 Å². The molecule has 1 N–H and O–H groups in total. The van der Waals surface area contributed by atoms with E-state index < -0.39 is 46.5 Å². The highest BCUT2D eigenvalue weighted by molar-refractivity contribution is 7.91. The van der Waals surface area contributed by atoms with Crippen molar-refractivity contribution in [3.63, 3.8) is 0 Å². The molecule has 0 radical (unpaired) electrons. The minimum Gasteiger partial charge on any atom is -0.452 e. The number of nitrogens with one attached hydrogen (secondary N) is 1. The van der Waals surface area contributed by atoms with Crippen LogP contribution in [0.2, 0.25) is 0 Å². The van der Waals surface area contributed by atoms with E-state index in [4.69, 9.17) is 4.74 Å². The fourth-order valence-corrected chi connectivity index (χ4v) is 3.86. The molecule has 25 heavy (non-hydrogen) atoms. The zero-order valence-corrected chi connectivity index (χ0v) is 13.5. The van der Waals surface area contributed by atoms with Gasteiger partial charge in [0.2, 0.25) is 0 Å². The van der Waals surface area contributed by atoms with Crippen LogP contribution in [0.15, 0.2) is 24.3 Å². The van der Waals surface area contributed by atoms with Crippen molar-refractivity contribution in [1.82, 2.24) is 5.32 Å². The average Bonchev–Trinajstić information content (AvgIpc) is 2.82. The first-order valence-electron chi connectivity index (χ1n) is 7.07. The molecule has 1 amide bonds. The van der Waals surface area contributed by atoms with Crippen LogP contribution < -0.4 is 10.1 Å². The predicted molar refractivity (Wildman–Crippen MR) is 78.6 cm³/mol. The lowest BCUT2D eigenvalue weighted by Gasteiger charge is -2.11. The van der Waals surface area contributed by atoms with Gasteiger partial charge in [-0.1, -0.05) is 0 Å². The second kappa shape index (κ2) is 7.30. The van der Waals surface area contributed by atoms with Crippen LogP contribution >= 0.6 is 0 Å². The third kappa shape index (κ3) is 6.25. The highest BCUT2D eigenvalue weighted by Gasteiger charge is 2.31. The highest BCUT2D eigenvalue weighted by atomic mass is 32.2. The summed E-state index contributed by atoms with van der Waals surface area (Å²) >= 11 is 0. The van der Waals surface area contributed by atoms with Gasteiger partial charge in [-0.15, -0.1) is 13.2 Å². The van der Waals surface area contributed by atoms with Gasteiger partial charge in [-0.2, -0.15) is 0 Å². The SMILES string of the molecule is O=C(COC(=O)c1ccc(OC(F)(F)F)cc1)N[C@H]1CCS(=O)(=O)C1. The summed E-state index contributed by atoms with van der Waals surface area (Å²) in [5.41, 5.74) is -0.0641. The van der Waals surface area contributed by atoms with E-state index >= 15 is 0 Å². The van der Waals surface area contributed by atoms with Gasteiger partial charge in [-0.25, -0.2) is 13.2 Å². The Kier molecular flexibility index (Phi) is 5.55. The highest BCUT2D eigenvalue weighted by Crippen LogP contribution is 2.22. The van der Waals surface area contributed by atoms with E-state index in [1.807, 2.05) is 0 Å². The summed E-state index contributed by atoms with van der Waals surface area (Å²) in [6, 6.07) is 3.48. The number of alkyl halides is 3. The molecule has 1 aliphatic heterocycles. The second-order valence-electron chi connectivity index (χ2n) is 5.32. The number of hydrogen-bond donors (Lipinski definition) is 1. The minimum atomic E-state index is -4.84. The Balaban J connectivity index is 1.80. The molecule has 0 unspecified atom stereocenters. The molecule has 138 valence electrons. The fourth-order valence-electron chi connectivity index (χ4n) is 2.19. The van der Waals surface area contributed by atoms with Crippen LogP contribution in [-0.4, -0.2) is 50.8 Å². The number of halogens is 3. The number of benzene rings is 1. The number of hydrogen-bond acceptors (Lipinski definition) is 6. The summed E-state index contributed by atoms with van der Waals surface area (Å²) in [7, 11) is -3.15. The van der Waals surface area contributed by atoms with E-state index in [0.29, 0.717) is 6.42 Å². The van der Waals surface area contributed by atoms with Crippen molar-refractivity contribution in [3.8, 4) is 5.75 Å². The Labute approximate surface area is 141 Å². The molecule has 0 aliphatic carbocycles. The zero-order valence-electron chi connectivity index (χ0n) is 12.7. The molecule has 1 aromatic rings. The van der Waals surface area contributed by atoms with Crippen molar-refractivity contribution in [2.24, 2.45) is 0 Å². The smallest absolute Gasteiger partial charge is 0.452 e. The molecular weight excluding hydrogens is 367 g/mol. The number of carbonyl (C=O) groups excluding carboxylic acids is 2. The number of esters is 1. The Morgan fingerprint density at radius 2 is 1.84 bits per heavy atom. The van der Waals surface area contributed by atoms with E-state index in [-0.39, 0.29) is 17.1 Å². The Morgan fingerprint density at radius 1 is 1.20 bits per heavy atom. The van der Waals surface area contributed by atoms with Crippen LogP contribution in [0.25, 0.3) is 0 Å². The predicted octanol–water partition coefficient (Wildman–Crippen LogP) is 1.05. The number of carbonyl (C=O) groups is 2. The van der Waals surface area contributed by atoms with Gasteiger partial charge in [0.05, 0.1) is 17.1 Å². The van der Waals surface area contributed by atoms with E-state index in [2.05, 4.69) is 10.1 Å². The Bertz CT molecular complexity index is 745. The first-order valence-corrected chi connectivity index (χ1v) is 8.89. The maximum absolute atomic E-state index is 12.0. The molecule has 2 rings (SSSR count). The van der Waals surface area contributed by atoms with E-state index in [1.54, 1.807) is 0 Å². The first-order chi connectivity index (χ1) is 11.5. The number of amides is 1. The van der Waals surface area contributed by atoms with Gasteiger partial charge in [0, 0.05) is 6.04 Å². The van der Waals surface area contributed by atoms with Gasteiger partial charge in [0.1, 0.15) is 5.75 Å². The molecule has 0 aromatic heterocycles. The van der Waals surface area contributed by atoms with E-state index in [0.717, 1.165) is 24.3 Å². The molecule has 7 nitrogen and oxygen atoms in total. The van der Waals surface area contributed by atoms with Gasteiger partial charge >= 0.3 is 12.3 Å². The normalized spacial score (nSPS) is 19.2. The summed E-state index contributed by atoms with van der Waals surface area (Å²) in [6.07, 6.45) is -4.55. The molecule has 1 atom stereocenters. The summed E-state index contributed by atoms with van der Waals surface area (Å²) in [5, 5.41) is 2.44. The van der Waals surface area contributed by atoms with Gasteiger partial charge < -0.3 is 14.8 Å². The topological polar surface area (TPSA) is 98.8 Å². The molecule has 1 fully saturated rings. The second-order valence-corrected chi connectivity index (χ2v) is 7.54. The molecule has 0 spiro atoms. The summed E-state index contributed by atoms with van der Waals surface area (Å²) in [4.78, 5) is 23.4. The molecule has 0 saturated carbocycles. The van der Waals surface area contributed by atoms with Crippen molar-refractivity contribution >= 4 is 21.7 Å². The van der Waals surface area contributed by atoms with E-state index in [1.165, 1.54) is 0 Å². The lowest BCUT2D eigenvalue weighted by atomic mass is 10.2. The van der Waals surface area contributed by atoms with Crippen LogP contribution in [0.4, 0.5) is 13.2 Å². The van der Waals surface area contributed by atoms with Gasteiger partial charge in [0.25, 0.3) is 5.91 Å². The molecule has 1 aromatic carbocycles. The standard InChI is InChI=1S/C14H14F3NO6S/c15-14(16,17)24-11-3-1-9(2-4-11)13(20)23-7-12(19)18-10-5-6-25(21,22)8-10/h1-4,10H,5-8H2,(H,18,19)/t10-/m0/s1. The molecule has 1 aliphatic rings. The quantitative estimate of drug-likeness (QED) is 0.766. The fraction of sp³-hybridized carbons (Fsp3) is 0.429. The molecule has 1 heterocycles. The van der Waals surface area contributed by atoms with E-state index in [9.17, 15) is 31.2 Å². The maximum atomic E-state index is 12.0. The number of rotatable bonds is 5. The first kappa shape index (κ1) is 19.0. The molecular formula is C14H14F3NO6S. The number of sulfone groups is 1. The van der Waals surface area contributed by atoms with Crippen LogP contribution in [0.5, 0.6) is 5.75 Å². The van der Waals surface area contributed by atoms with Crippen molar-refractivity contribution in [1.29, 1.82) is 0 Å². The third-order valence-electron chi connectivity index (χ3n) is 3.26.